The Balaban J connectivity index is 2.26. The van der Waals surface area contributed by atoms with Gasteiger partial charge in [-0.1, -0.05) is 108 Å². The number of benzene rings is 2. The Bertz CT molecular complexity index is 774. The topological polar surface area (TPSA) is 0 Å². The van der Waals surface area contributed by atoms with Crippen LogP contribution in [0.5, 0.6) is 0 Å². The van der Waals surface area contributed by atoms with Crippen LogP contribution in [0.25, 0.3) is 0 Å². The van der Waals surface area contributed by atoms with Gasteiger partial charge in [-0.3, -0.25) is 0 Å². The molecule has 0 radical (unpaired) electrons. The van der Waals surface area contributed by atoms with Crippen molar-refractivity contribution in [1.29, 1.82) is 0 Å². The summed E-state index contributed by atoms with van der Waals surface area (Å²) in [7, 11) is 0. The maximum Gasteiger partial charge on any atom is 0.0646 e. The third-order valence-corrected chi connectivity index (χ3v) is 6.26. The van der Waals surface area contributed by atoms with Gasteiger partial charge in [0.2, 0.25) is 0 Å². The van der Waals surface area contributed by atoms with Crippen LogP contribution in [0.1, 0.15) is 69.7 Å². The zero-order chi connectivity index (χ0) is 17.7. The highest BCUT2D eigenvalue weighted by molar-refractivity contribution is 8.23. The lowest BCUT2D eigenvalue weighted by Crippen LogP contribution is -2.18. The molecule has 2 aromatic rings. The van der Waals surface area contributed by atoms with Gasteiger partial charge in [-0.05, 0) is 33.1 Å². The first-order valence-corrected chi connectivity index (χ1v) is 9.77. The van der Waals surface area contributed by atoms with Crippen molar-refractivity contribution >= 4 is 28.2 Å². The molecule has 3 rings (SSSR count). The van der Waals surface area contributed by atoms with E-state index in [1.54, 1.807) is 11.8 Å². The number of fused-ring (bicyclic) bond motifs is 1. The lowest BCUT2D eigenvalue weighted by Gasteiger charge is -2.28. The average molecular weight is 355 g/mol. The summed E-state index contributed by atoms with van der Waals surface area (Å²) in [6, 6.07) is 15.5. The van der Waals surface area contributed by atoms with Crippen molar-refractivity contribution < 1.29 is 0 Å². The molecule has 0 aromatic heterocycles. The van der Waals surface area contributed by atoms with Gasteiger partial charge in [0.15, 0.2) is 0 Å². The smallest absolute Gasteiger partial charge is 0.0646 e. The third-order valence-electron chi connectivity index (χ3n) is 4.67. The monoisotopic (exact) mass is 354 g/mol. The summed E-state index contributed by atoms with van der Waals surface area (Å²) in [6.45, 7) is 13.8. The quantitative estimate of drug-likeness (QED) is 0.514. The lowest BCUT2D eigenvalue weighted by molar-refractivity contribution is 0.557. The van der Waals surface area contributed by atoms with Gasteiger partial charge in [-0.25, -0.2) is 0 Å². The second-order valence-corrected chi connectivity index (χ2v) is 10.5. The van der Waals surface area contributed by atoms with Gasteiger partial charge < -0.3 is 0 Å². The zero-order valence-electron chi connectivity index (χ0n) is 15.4. The molecule has 1 aliphatic heterocycles. The summed E-state index contributed by atoms with van der Waals surface area (Å²) in [6.07, 6.45) is 0. The second-order valence-electron chi connectivity index (χ2n) is 8.71. The molecule has 24 heavy (non-hydrogen) atoms. The predicted octanol–water partition coefficient (Wildman–Crippen LogP) is 6.85. The molecule has 2 heteroatoms. The van der Waals surface area contributed by atoms with Crippen molar-refractivity contribution in [2.24, 2.45) is 0 Å². The lowest BCUT2D eigenvalue weighted by atomic mass is 9.77. The van der Waals surface area contributed by atoms with Crippen molar-refractivity contribution in [3.8, 4) is 0 Å². The minimum absolute atomic E-state index is 0.111. The van der Waals surface area contributed by atoms with Crippen molar-refractivity contribution in [3.05, 3.63) is 64.7 Å². The van der Waals surface area contributed by atoms with Crippen LogP contribution in [0, 0.1) is 0 Å². The minimum atomic E-state index is 0.111. The van der Waals surface area contributed by atoms with E-state index in [1.165, 1.54) is 27.1 Å². The highest BCUT2D eigenvalue weighted by Gasteiger charge is 2.35. The van der Waals surface area contributed by atoms with Gasteiger partial charge in [-0.2, -0.15) is 0 Å². The molecule has 0 amide bonds. The molecule has 0 bridgehead atoms. The Labute approximate surface area is 156 Å². The van der Waals surface area contributed by atoms with Crippen LogP contribution >= 0.6 is 24.0 Å². The molecule has 0 saturated heterocycles. The average Bonchev–Trinajstić information content (AvgIpc) is 2.80. The SMILES string of the molecule is CC(C)(C)c1cc2c(c(C(C)(C)C)c1)SC(=S)C2c1ccccc1. The molecule has 1 heterocycles. The third kappa shape index (κ3) is 3.19. The summed E-state index contributed by atoms with van der Waals surface area (Å²) in [5.74, 6) is 0.226. The van der Waals surface area contributed by atoms with Gasteiger partial charge >= 0.3 is 0 Å². The molecule has 1 atom stereocenters. The Morgan fingerprint density at radius 1 is 0.875 bits per heavy atom. The number of thioether (sulfide) groups is 1. The Morgan fingerprint density at radius 3 is 2.04 bits per heavy atom. The molecule has 0 saturated carbocycles. The summed E-state index contributed by atoms with van der Waals surface area (Å²) in [4.78, 5) is 1.38. The largest absolute Gasteiger partial charge is 0.0811 e. The van der Waals surface area contributed by atoms with Crippen LogP contribution in [0.3, 0.4) is 0 Å². The summed E-state index contributed by atoms with van der Waals surface area (Å²) in [5.41, 5.74) is 5.77. The molecular formula is C22H26S2. The van der Waals surface area contributed by atoms with Gasteiger partial charge in [0.1, 0.15) is 0 Å². The Hall–Kier alpha value is -1.12. The molecule has 0 nitrogen and oxygen atoms in total. The fraction of sp³-hybridized carbons (Fsp3) is 0.409. The number of rotatable bonds is 1. The van der Waals surface area contributed by atoms with E-state index in [2.05, 4.69) is 84.0 Å². The summed E-state index contributed by atoms with van der Waals surface area (Å²) >= 11 is 7.61. The van der Waals surface area contributed by atoms with E-state index < -0.39 is 0 Å². The maximum atomic E-state index is 5.81. The highest BCUT2D eigenvalue weighted by atomic mass is 32.2. The molecule has 2 aromatic carbocycles. The second kappa shape index (κ2) is 6.00. The highest BCUT2D eigenvalue weighted by Crippen LogP contribution is 2.50. The fourth-order valence-electron chi connectivity index (χ4n) is 3.22. The van der Waals surface area contributed by atoms with E-state index in [4.69, 9.17) is 12.2 Å². The standard InChI is InChI=1S/C22H26S2/c1-21(2,3)15-12-16-18(14-10-8-7-9-11-14)20(23)24-19(16)17(13-15)22(4,5)6/h7-13,18H,1-6H3. The van der Waals surface area contributed by atoms with E-state index in [9.17, 15) is 0 Å². The van der Waals surface area contributed by atoms with Crippen molar-refractivity contribution in [2.45, 2.75) is 63.2 Å². The van der Waals surface area contributed by atoms with E-state index in [0.29, 0.717) is 0 Å². The number of thiocarbonyl (C=S) groups is 1. The van der Waals surface area contributed by atoms with Crippen LogP contribution in [0.4, 0.5) is 0 Å². The first-order chi connectivity index (χ1) is 11.1. The maximum absolute atomic E-state index is 5.81. The molecule has 1 unspecified atom stereocenters. The first kappa shape index (κ1) is 17.7. The van der Waals surface area contributed by atoms with E-state index in [1.807, 2.05) is 0 Å². The van der Waals surface area contributed by atoms with Gasteiger partial charge in [0.05, 0.1) is 10.1 Å². The van der Waals surface area contributed by atoms with Crippen molar-refractivity contribution in [3.63, 3.8) is 0 Å². The van der Waals surface area contributed by atoms with E-state index >= 15 is 0 Å². The number of hydrogen-bond donors (Lipinski definition) is 0. The van der Waals surface area contributed by atoms with Crippen LogP contribution < -0.4 is 0 Å². The molecular weight excluding hydrogens is 328 g/mol. The van der Waals surface area contributed by atoms with Crippen LogP contribution in [-0.4, -0.2) is 4.20 Å². The van der Waals surface area contributed by atoms with Crippen molar-refractivity contribution in [1.82, 2.24) is 0 Å². The van der Waals surface area contributed by atoms with Gasteiger partial charge in [-0.15, -0.1) is 0 Å². The number of hydrogen-bond acceptors (Lipinski definition) is 2. The van der Waals surface area contributed by atoms with E-state index in [0.717, 1.165) is 4.20 Å². The molecule has 0 fully saturated rings. The molecule has 0 spiro atoms. The summed E-state index contributed by atoms with van der Waals surface area (Å²) in [5, 5.41) is 0. The molecule has 0 N–H and O–H groups in total. The Morgan fingerprint density at radius 2 is 1.50 bits per heavy atom. The molecule has 0 aliphatic carbocycles. The Kier molecular flexibility index (Phi) is 4.42. The minimum Gasteiger partial charge on any atom is -0.0811 e. The van der Waals surface area contributed by atoms with Crippen molar-refractivity contribution in [2.75, 3.05) is 0 Å². The zero-order valence-corrected chi connectivity index (χ0v) is 17.1. The first-order valence-electron chi connectivity index (χ1n) is 8.54. The van der Waals surface area contributed by atoms with Crippen LogP contribution in [-0.2, 0) is 10.8 Å². The van der Waals surface area contributed by atoms with Gasteiger partial charge in [0.25, 0.3) is 0 Å². The van der Waals surface area contributed by atoms with E-state index in [-0.39, 0.29) is 16.7 Å². The van der Waals surface area contributed by atoms with Crippen LogP contribution in [0.2, 0.25) is 0 Å². The molecule has 1 aliphatic rings. The molecule has 126 valence electrons. The summed E-state index contributed by atoms with van der Waals surface area (Å²) < 4.78 is 1.08. The fourth-order valence-corrected chi connectivity index (χ4v) is 5.08. The van der Waals surface area contributed by atoms with Crippen LogP contribution in [0.15, 0.2) is 47.4 Å². The van der Waals surface area contributed by atoms with Gasteiger partial charge in [0, 0.05) is 4.90 Å². The normalized spacial score (nSPS) is 17.9. The predicted molar refractivity (Wildman–Crippen MR) is 111 cm³/mol.